The Morgan fingerprint density at radius 2 is 1.17 bits per heavy atom. The fraction of sp³-hybridized carbons (Fsp3) is 0.672. The molecule has 5 atom stereocenters. The van der Waals surface area contributed by atoms with Gasteiger partial charge in [0.2, 0.25) is 0 Å². The van der Waals surface area contributed by atoms with Crippen LogP contribution in [0.3, 0.4) is 0 Å². The zero-order valence-electron chi connectivity index (χ0n) is 42.4. The summed E-state index contributed by atoms with van der Waals surface area (Å²) in [6, 6.07) is 0. The molecule has 2 N–H and O–H groups in total. The number of aliphatic hydroxyl groups is 2. The first-order valence-electron chi connectivity index (χ1n) is 25.2. The molecule has 5 unspecified atom stereocenters. The minimum absolute atomic E-state index is 0.0837. The van der Waals surface area contributed by atoms with E-state index in [0.29, 0.717) is 44.1 Å². The molecule has 6 nitrogen and oxygen atoms in total. The van der Waals surface area contributed by atoms with Crippen LogP contribution in [0, 0.1) is 10.8 Å². The summed E-state index contributed by atoms with van der Waals surface area (Å²) in [7, 11) is 0. The van der Waals surface area contributed by atoms with Gasteiger partial charge in [-0.3, -0.25) is 9.59 Å². The van der Waals surface area contributed by atoms with E-state index in [-0.39, 0.29) is 28.7 Å². The fourth-order valence-electron chi connectivity index (χ4n) is 10.4. The highest BCUT2D eigenvalue weighted by Crippen LogP contribution is 2.67. The highest BCUT2D eigenvalue weighted by Gasteiger charge is 2.76. The van der Waals surface area contributed by atoms with Gasteiger partial charge in [0.05, 0.1) is 17.3 Å². The molecule has 0 radical (unpaired) electrons. The van der Waals surface area contributed by atoms with Crippen LogP contribution >= 0.6 is 0 Å². The van der Waals surface area contributed by atoms with E-state index in [4.69, 9.17) is 9.47 Å². The molecule has 6 heteroatoms. The number of unbranched alkanes of at least 4 members (excludes halogenated alkanes) is 14. The minimum atomic E-state index is -1.07. The average molecular weight is 883 g/mol. The molecule has 1 saturated heterocycles. The monoisotopic (exact) mass is 883 g/mol. The molecule has 64 heavy (non-hydrogen) atoms. The van der Waals surface area contributed by atoms with Gasteiger partial charge in [-0.1, -0.05) is 196 Å². The second-order valence-electron chi connectivity index (χ2n) is 21.4. The van der Waals surface area contributed by atoms with Crippen LogP contribution in [-0.4, -0.2) is 51.0 Å². The van der Waals surface area contributed by atoms with Gasteiger partial charge in [-0.25, -0.2) is 0 Å². The van der Waals surface area contributed by atoms with Crippen LogP contribution in [0.2, 0.25) is 0 Å². The summed E-state index contributed by atoms with van der Waals surface area (Å²) >= 11 is 0. The summed E-state index contributed by atoms with van der Waals surface area (Å²) in [5.74, 6) is -0.0183. The van der Waals surface area contributed by atoms with Crippen molar-refractivity contribution in [2.75, 3.05) is 0 Å². The van der Waals surface area contributed by atoms with Gasteiger partial charge in [-0.2, -0.15) is 0 Å². The molecule has 0 aromatic carbocycles. The third-order valence-electron chi connectivity index (χ3n) is 14.1. The normalized spacial score (nSPS) is 27.3. The fourth-order valence-corrected chi connectivity index (χ4v) is 10.4. The maximum atomic E-state index is 13.5. The summed E-state index contributed by atoms with van der Waals surface area (Å²) < 4.78 is 12.5. The number of Topliss-reactive ketones (excluding diaryl/α,β-unsaturated/α-hetero) is 1. The van der Waals surface area contributed by atoms with Crippen molar-refractivity contribution in [1.29, 1.82) is 0 Å². The number of esters is 1. The number of aliphatic hydroxyl groups excluding tert-OH is 1. The number of hydrogen-bond donors (Lipinski definition) is 2. The zero-order valence-corrected chi connectivity index (χ0v) is 42.4. The summed E-state index contributed by atoms with van der Waals surface area (Å²) in [4.78, 5) is 26.4. The Morgan fingerprint density at radius 1 is 0.672 bits per heavy atom. The van der Waals surface area contributed by atoms with Crippen LogP contribution in [0.5, 0.6) is 0 Å². The van der Waals surface area contributed by atoms with Crippen LogP contribution in [0.15, 0.2) is 100 Å². The Labute approximate surface area is 390 Å². The van der Waals surface area contributed by atoms with Gasteiger partial charge in [0.1, 0.15) is 11.7 Å². The van der Waals surface area contributed by atoms with Crippen LogP contribution in [0.25, 0.3) is 0 Å². The van der Waals surface area contributed by atoms with Gasteiger partial charge in [-0.05, 0) is 83.4 Å². The van der Waals surface area contributed by atoms with E-state index in [1.165, 1.54) is 83.5 Å². The van der Waals surface area contributed by atoms with Gasteiger partial charge < -0.3 is 19.7 Å². The van der Waals surface area contributed by atoms with E-state index in [0.717, 1.165) is 35.1 Å². The van der Waals surface area contributed by atoms with Crippen LogP contribution in [-0.2, 0) is 19.1 Å². The highest BCUT2D eigenvalue weighted by atomic mass is 16.6. The van der Waals surface area contributed by atoms with Gasteiger partial charge >= 0.3 is 5.97 Å². The van der Waals surface area contributed by atoms with E-state index >= 15 is 0 Å². The van der Waals surface area contributed by atoms with Crippen molar-refractivity contribution in [3.63, 3.8) is 0 Å². The number of epoxide rings is 1. The molecule has 3 aliphatic rings. The SMILES string of the molecule is CCCCCCCCCCCCCCCCCC(=O)OC1CC(C)(C)C2(CC(=O)C(C)=CC=CC(C)=CC=CC=C(C)C=CC=C(C)C=C=C3C(C)(C)CC(O)CC3(C)O)OC2(C)C1. The highest BCUT2D eigenvalue weighted by molar-refractivity contribution is 5.96. The summed E-state index contributed by atoms with van der Waals surface area (Å²) in [6.45, 7) is 22.5. The van der Waals surface area contributed by atoms with E-state index in [1.54, 1.807) is 6.92 Å². The lowest BCUT2D eigenvalue weighted by Gasteiger charge is -2.43. The summed E-state index contributed by atoms with van der Waals surface area (Å²) in [5.41, 5.74) is 5.30. The second-order valence-corrected chi connectivity index (χ2v) is 21.4. The third kappa shape index (κ3) is 17.8. The number of ketones is 1. The molecule has 0 spiro atoms. The molecule has 0 aromatic heterocycles. The number of allylic oxidation sites excluding steroid dienone is 14. The Balaban J connectivity index is 1.37. The predicted octanol–water partition coefficient (Wildman–Crippen LogP) is 14.9. The largest absolute Gasteiger partial charge is 0.462 e. The van der Waals surface area contributed by atoms with Gasteiger partial charge in [0.25, 0.3) is 0 Å². The molecule has 0 bridgehead atoms. The van der Waals surface area contributed by atoms with Crippen molar-refractivity contribution in [1.82, 2.24) is 0 Å². The van der Waals surface area contributed by atoms with E-state index in [1.807, 2.05) is 95.4 Å². The van der Waals surface area contributed by atoms with Crippen LogP contribution in [0.4, 0.5) is 0 Å². The minimum Gasteiger partial charge on any atom is -0.462 e. The quantitative estimate of drug-likeness (QED) is 0.0213. The van der Waals surface area contributed by atoms with Gasteiger partial charge in [0.15, 0.2) is 5.78 Å². The lowest BCUT2D eigenvalue weighted by atomic mass is 9.61. The number of fused-ring (bicyclic) bond motifs is 1. The Morgan fingerprint density at radius 3 is 1.69 bits per heavy atom. The smallest absolute Gasteiger partial charge is 0.306 e. The van der Waals surface area contributed by atoms with E-state index < -0.39 is 22.9 Å². The molecule has 0 aromatic rings. The molecule has 2 saturated carbocycles. The van der Waals surface area contributed by atoms with Crippen molar-refractivity contribution in [2.24, 2.45) is 10.8 Å². The maximum Gasteiger partial charge on any atom is 0.306 e. The maximum absolute atomic E-state index is 13.5. The molecule has 358 valence electrons. The van der Waals surface area contributed by atoms with Gasteiger partial charge in [-0.15, -0.1) is 5.73 Å². The predicted molar refractivity (Wildman–Crippen MR) is 268 cm³/mol. The lowest BCUT2D eigenvalue weighted by molar-refractivity contribution is -0.153. The van der Waals surface area contributed by atoms with Crippen molar-refractivity contribution >= 4 is 11.8 Å². The van der Waals surface area contributed by atoms with Crippen LogP contribution in [0.1, 0.15) is 211 Å². The van der Waals surface area contributed by atoms with Crippen molar-refractivity contribution in [3.05, 3.63) is 100 Å². The molecule has 2 aliphatic carbocycles. The molecule has 3 rings (SSSR count). The van der Waals surface area contributed by atoms with Crippen molar-refractivity contribution in [2.45, 2.75) is 240 Å². The second kappa shape index (κ2) is 26.2. The topological polar surface area (TPSA) is 96.4 Å². The first-order chi connectivity index (χ1) is 30.2. The number of ether oxygens (including phenoxy) is 2. The number of carbonyl (C=O) groups excluding carboxylic acids is 2. The lowest BCUT2D eigenvalue weighted by Crippen LogP contribution is -2.49. The number of rotatable bonds is 27. The molecule has 1 heterocycles. The standard InChI is InChI=1S/C58H90O6/c1-12-13-14-15-16-17-18-19-20-21-22-23-24-25-26-37-53(61)63-50-42-55(8,9)58(57(11,43-50)64-58)44-51(60)48(5)36-30-35-46(3)32-28-27-31-45(2)33-29-34-47(4)38-39-52-54(6,7)40-49(59)41-56(52,10)62/h27-36,38,49-50,59,62H,12-26,37,40-44H2,1-11H3. The summed E-state index contributed by atoms with van der Waals surface area (Å²) in [6.07, 6.45) is 43.8. The Kier molecular flexibility index (Phi) is 22.5. The molecule has 0 amide bonds. The van der Waals surface area contributed by atoms with Crippen molar-refractivity contribution in [3.8, 4) is 0 Å². The first-order valence-corrected chi connectivity index (χ1v) is 25.2. The summed E-state index contributed by atoms with van der Waals surface area (Å²) in [5, 5.41) is 21.1. The van der Waals surface area contributed by atoms with Crippen molar-refractivity contribution < 1.29 is 29.3 Å². The van der Waals surface area contributed by atoms with Gasteiger partial charge in [0, 0.05) is 36.7 Å². The van der Waals surface area contributed by atoms with E-state index in [9.17, 15) is 19.8 Å². The Hall–Kier alpha value is -3.28. The van der Waals surface area contributed by atoms with Crippen LogP contribution < -0.4 is 0 Å². The molecular formula is C58H90O6. The average Bonchev–Trinajstić information content (AvgIpc) is 3.81. The number of carbonyl (C=O) groups is 2. The number of hydrogen-bond acceptors (Lipinski definition) is 6. The molecular weight excluding hydrogens is 793 g/mol. The van der Waals surface area contributed by atoms with E-state index in [2.05, 4.69) is 46.4 Å². The molecule has 1 aliphatic heterocycles. The zero-order chi connectivity index (χ0) is 47.4. The first kappa shape index (κ1) is 55.1. The molecule has 3 fully saturated rings. The Bertz CT molecular complexity index is 1780. The third-order valence-corrected chi connectivity index (χ3v) is 14.1.